The van der Waals surface area contributed by atoms with Gasteiger partial charge in [-0.05, 0) is 30.6 Å². The Bertz CT molecular complexity index is 234. The molecule has 1 unspecified atom stereocenters. The van der Waals surface area contributed by atoms with Crippen molar-refractivity contribution in [1.82, 2.24) is 0 Å². The summed E-state index contributed by atoms with van der Waals surface area (Å²) in [5, 5.41) is 8.71. The maximum absolute atomic E-state index is 8.71. The van der Waals surface area contributed by atoms with Crippen LogP contribution < -0.4 is 5.73 Å². The van der Waals surface area contributed by atoms with Gasteiger partial charge in [0.1, 0.15) is 0 Å². The minimum atomic E-state index is -0.210. The molecular formula is C10H17ClN2. The van der Waals surface area contributed by atoms with Gasteiger partial charge in [0, 0.05) is 5.41 Å². The Morgan fingerprint density at radius 1 is 1.23 bits per heavy atom. The third-order valence-electron chi connectivity index (χ3n) is 4.14. The first-order chi connectivity index (χ1) is 5.55. The number of hydrogen-bond donors (Lipinski definition) is 1. The maximum atomic E-state index is 8.71. The van der Waals surface area contributed by atoms with Gasteiger partial charge in [0.05, 0.1) is 12.1 Å². The average Bonchev–Trinajstić information content (AvgIpc) is 1.80. The number of halogens is 1. The van der Waals surface area contributed by atoms with Gasteiger partial charge in [-0.1, -0.05) is 13.8 Å². The van der Waals surface area contributed by atoms with E-state index in [0.29, 0.717) is 5.41 Å². The molecule has 3 aliphatic rings. The lowest BCUT2D eigenvalue weighted by Gasteiger charge is -2.74. The average molecular weight is 201 g/mol. The van der Waals surface area contributed by atoms with E-state index in [4.69, 9.17) is 11.0 Å². The summed E-state index contributed by atoms with van der Waals surface area (Å²) in [5.74, 6) is 0.769. The highest BCUT2D eigenvalue weighted by molar-refractivity contribution is 5.85. The summed E-state index contributed by atoms with van der Waals surface area (Å²) in [4.78, 5) is 0. The molecular weight excluding hydrogens is 184 g/mol. The SMILES string of the molecule is CC(C)C12CC(C(N)C#N)(C1)C2.Cl. The van der Waals surface area contributed by atoms with Crippen LogP contribution in [-0.2, 0) is 0 Å². The van der Waals surface area contributed by atoms with Gasteiger partial charge in [-0.15, -0.1) is 12.4 Å². The van der Waals surface area contributed by atoms with E-state index in [1.54, 1.807) is 0 Å². The molecule has 0 aromatic heterocycles. The van der Waals surface area contributed by atoms with Crippen LogP contribution in [0.25, 0.3) is 0 Å². The normalized spacial score (nSPS) is 42.4. The van der Waals surface area contributed by atoms with Crippen molar-refractivity contribution in [3.05, 3.63) is 0 Å². The highest BCUT2D eigenvalue weighted by atomic mass is 35.5. The zero-order chi connectivity index (χ0) is 8.98. The molecule has 13 heavy (non-hydrogen) atoms. The number of nitriles is 1. The van der Waals surface area contributed by atoms with Gasteiger partial charge in [0.15, 0.2) is 0 Å². The first-order valence-corrected chi connectivity index (χ1v) is 4.70. The number of hydrogen-bond acceptors (Lipinski definition) is 2. The molecule has 0 aliphatic heterocycles. The van der Waals surface area contributed by atoms with Crippen LogP contribution in [0.5, 0.6) is 0 Å². The lowest BCUT2D eigenvalue weighted by molar-refractivity contribution is -0.232. The van der Waals surface area contributed by atoms with Gasteiger partial charge >= 0.3 is 0 Å². The molecule has 3 heteroatoms. The predicted molar refractivity (Wildman–Crippen MR) is 54.4 cm³/mol. The molecule has 0 heterocycles. The van der Waals surface area contributed by atoms with E-state index >= 15 is 0 Å². The zero-order valence-electron chi connectivity index (χ0n) is 8.21. The molecule has 0 aromatic rings. The van der Waals surface area contributed by atoms with Crippen LogP contribution in [0.1, 0.15) is 33.1 Å². The molecule has 3 saturated carbocycles. The van der Waals surface area contributed by atoms with E-state index in [1.807, 2.05) is 0 Å². The molecule has 1 atom stereocenters. The van der Waals surface area contributed by atoms with Crippen LogP contribution in [0.4, 0.5) is 0 Å². The van der Waals surface area contributed by atoms with E-state index in [2.05, 4.69) is 19.9 Å². The number of nitrogens with zero attached hydrogens (tertiary/aromatic N) is 1. The molecule has 2 nitrogen and oxygen atoms in total. The molecule has 2 bridgehead atoms. The maximum Gasteiger partial charge on any atom is 0.0985 e. The van der Waals surface area contributed by atoms with Crippen LogP contribution in [0.3, 0.4) is 0 Å². The Morgan fingerprint density at radius 3 is 2.00 bits per heavy atom. The van der Waals surface area contributed by atoms with Gasteiger partial charge in [0.25, 0.3) is 0 Å². The molecule has 0 spiro atoms. The largest absolute Gasteiger partial charge is 0.315 e. The fraction of sp³-hybridized carbons (Fsp3) is 0.900. The topological polar surface area (TPSA) is 49.8 Å². The Kier molecular flexibility index (Phi) is 2.38. The predicted octanol–water partition coefficient (Wildman–Crippen LogP) is 2.09. The van der Waals surface area contributed by atoms with Gasteiger partial charge < -0.3 is 5.73 Å². The van der Waals surface area contributed by atoms with Crippen LogP contribution in [0.2, 0.25) is 0 Å². The van der Waals surface area contributed by atoms with Gasteiger partial charge in [-0.3, -0.25) is 0 Å². The first kappa shape index (κ1) is 10.8. The van der Waals surface area contributed by atoms with Crippen molar-refractivity contribution in [2.75, 3.05) is 0 Å². The Morgan fingerprint density at radius 2 is 1.69 bits per heavy atom. The summed E-state index contributed by atoms with van der Waals surface area (Å²) in [6, 6.07) is 1.97. The second kappa shape index (κ2) is 2.87. The fourth-order valence-electron chi connectivity index (χ4n) is 3.03. The van der Waals surface area contributed by atoms with E-state index in [-0.39, 0.29) is 23.9 Å². The van der Waals surface area contributed by atoms with Crippen molar-refractivity contribution in [3.63, 3.8) is 0 Å². The number of rotatable bonds is 2. The monoisotopic (exact) mass is 200 g/mol. The zero-order valence-corrected chi connectivity index (χ0v) is 9.03. The standard InChI is InChI=1S/C10H16N2.ClH/c1-7(2)9-4-10(5-9,6-9)8(12)3-11;/h7-8H,4-6,12H2,1-2H3;1H. The van der Waals surface area contributed by atoms with Gasteiger partial charge in [-0.2, -0.15) is 5.26 Å². The summed E-state index contributed by atoms with van der Waals surface area (Å²) in [7, 11) is 0. The summed E-state index contributed by atoms with van der Waals surface area (Å²) in [5.41, 5.74) is 6.56. The summed E-state index contributed by atoms with van der Waals surface area (Å²) in [6.07, 6.45) is 3.60. The molecule has 0 saturated heterocycles. The third kappa shape index (κ3) is 1.11. The number of nitrogens with two attached hydrogens (primary N) is 1. The minimum absolute atomic E-state index is 0. The quantitative estimate of drug-likeness (QED) is 0.742. The van der Waals surface area contributed by atoms with E-state index in [1.165, 1.54) is 19.3 Å². The molecule has 3 rings (SSSR count). The Balaban J connectivity index is 0.000000845. The minimum Gasteiger partial charge on any atom is -0.315 e. The highest BCUT2D eigenvalue weighted by Gasteiger charge is 2.70. The Labute approximate surface area is 85.9 Å². The van der Waals surface area contributed by atoms with Gasteiger partial charge in [-0.25, -0.2) is 0 Å². The lowest BCUT2D eigenvalue weighted by Crippen LogP contribution is -2.70. The first-order valence-electron chi connectivity index (χ1n) is 4.70. The Hall–Kier alpha value is -0.260. The highest BCUT2D eigenvalue weighted by Crippen LogP contribution is 2.76. The smallest absolute Gasteiger partial charge is 0.0985 e. The lowest BCUT2D eigenvalue weighted by atomic mass is 9.31. The van der Waals surface area contributed by atoms with Crippen LogP contribution in [0.15, 0.2) is 0 Å². The fourth-order valence-corrected chi connectivity index (χ4v) is 3.03. The summed E-state index contributed by atoms with van der Waals surface area (Å²) >= 11 is 0. The van der Waals surface area contributed by atoms with Crippen LogP contribution in [-0.4, -0.2) is 6.04 Å². The molecule has 0 radical (unpaired) electrons. The molecule has 0 aromatic carbocycles. The van der Waals surface area contributed by atoms with Crippen molar-refractivity contribution >= 4 is 12.4 Å². The van der Waals surface area contributed by atoms with E-state index in [9.17, 15) is 0 Å². The van der Waals surface area contributed by atoms with Crippen molar-refractivity contribution < 1.29 is 0 Å². The summed E-state index contributed by atoms with van der Waals surface area (Å²) in [6.45, 7) is 4.56. The molecule has 3 fully saturated rings. The van der Waals surface area contributed by atoms with Crippen molar-refractivity contribution in [1.29, 1.82) is 5.26 Å². The summed E-state index contributed by atoms with van der Waals surface area (Å²) < 4.78 is 0. The van der Waals surface area contributed by atoms with Crippen LogP contribution in [0, 0.1) is 28.1 Å². The van der Waals surface area contributed by atoms with Gasteiger partial charge in [0.2, 0.25) is 0 Å². The molecule has 0 amide bonds. The molecule has 3 aliphatic carbocycles. The van der Waals surface area contributed by atoms with E-state index in [0.717, 1.165) is 5.92 Å². The van der Waals surface area contributed by atoms with E-state index < -0.39 is 0 Å². The molecule has 2 N–H and O–H groups in total. The van der Waals surface area contributed by atoms with Crippen molar-refractivity contribution in [2.45, 2.75) is 39.2 Å². The van der Waals surface area contributed by atoms with Crippen molar-refractivity contribution in [3.8, 4) is 6.07 Å². The van der Waals surface area contributed by atoms with Crippen LogP contribution >= 0.6 is 12.4 Å². The van der Waals surface area contributed by atoms with Crippen molar-refractivity contribution in [2.24, 2.45) is 22.5 Å². The second-order valence-electron chi connectivity index (χ2n) is 5.02. The second-order valence-corrected chi connectivity index (χ2v) is 5.02. The third-order valence-corrected chi connectivity index (χ3v) is 4.14. The molecule has 74 valence electrons.